The van der Waals surface area contributed by atoms with Crippen molar-refractivity contribution in [1.82, 2.24) is 21.0 Å². The van der Waals surface area contributed by atoms with Crippen LogP contribution in [-0.4, -0.2) is 22.0 Å². The average Bonchev–Trinajstić information content (AvgIpc) is 2.26. The minimum atomic E-state index is -0.585. The zero-order chi connectivity index (χ0) is 12.8. The molecule has 0 unspecified atom stereocenters. The molecule has 1 rings (SSSR count). The van der Waals surface area contributed by atoms with E-state index in [1.54, 1.807) is 0 Å². The SMILES string of the molecule is CC(C)CC(=O)NNC(=O)c1ccc(=O)[nH]n1. The molecular weight excluding hydrogens is 224 g/mol. The fourth-order valence-corrected chi connectivity index (χ4v) is 1.08. The van der Waals surface area contributed by atoms with E-state index in [0.29, 0.717) is 6.42 Å². The first-order valence-electron chi connectivity index (χ1n) is 5.14. The zero-order valence-corrected chi connectivity index (χ0v) is 9.61. The molecule has 7 nitrogen and oxygen atoms in total. The van der Waals surface area contributed by atoms with Crippen LogP contribution in [0.5, 0.6) is 0 Å². The van der Waals surface area contributed by atoms with Gasteiger partial charge in [0, 0.05) is 12.5 Å². The molecule has 0 aromatic carbocycles. The van der Waals surface area contributed by atoms with Crippen molar-refractivity contribution in [2.24, 2.45) is 5.92 Å². The highest BCUT2D eigenvalue weighted by molar-refractivity contribution is 5.93. The van der Waals surface area contributed by atoms with E-state index in [0.717, 1.165) is 0 Å². The van der Waals surface area contributed by atoms with E-state index in [4.69, 9.17) is 0 Å². The molecule has 92 valence electrons. The van der Waals surface area contributed by atoms with E-state index in [1.165, 1.54) is 12.1 Å². The van der Waals surface area contributed by atoms with Crippen LogP contribution in [0.3, 0.4) is 0 Å². The maximum Gasteiger partial charge on any atom is 0.290 e. The maximum absolute atomic E-state index is 11.4. The lowest BCUT2D eigenvalue weighted by Crippen LogP contribution is -2.42. The van der Waals surface area contributed by atoms with Gasteiger partial charge in [-0.2, -0.15) is 5.10 Å². The van der Waals surface area contributed by atoms with Crippen LogP contribution in [-0.2, 0) is 4.79 Å². The van der Waals surface area contributed by atoms with Gasteiger partial charge in [-0.25, -0.2) is 5.10 Å². The molecule has 7 heteroatoms. The van der Waals surface area contributed by atoms with Crippen molar-refractivity contribution in [3.63, 3.8) is 0 Å². The van der Waals surface area contributed by atoms with Gasteiger partial charge in [-0.1, -0.05) is 13.8 Å². The van der Waals surface area contributed by atoms with Crippen molar-refractivity contribution in [3.8, 4) is 0 Å². The van der Waals surface area contributed by atoms with Crippen LogP contribution in [0.15, 0.2) is 16.9 Å². The van der Waals surface area contributed by atoms with E-state index in [1.807, 2.05) is 13.8 Å². The van der Waals surface area contributed by atoms with Gasteiger partial charge < -0.3 is 0 Å². The Morgan fingerprint density at radius 3 is 2.59 bits per heavy atom. The Labute approximate surface area is 97.6 Å². The number of hydrogen-bond acceptors (Lipinski definition) is 4. The Balaban J connectivity index is 2.47. The molecule has 1 aromatic rings. The van der Waals surface area contributed by atoms with Gasteiger partial charge in [0.15, 0.2) is 5.69 Å². The van der Waals surface area contributed by atoms with Crippen molar-refractivity contribution in [1.29, 1.82) is 0 Å². The summed E-state index contributed by atoms with van der Waals surface area (Å²) < 4.78 is 0. The van der Waals surface area contributed by atoms with Gasteiger partial charge in [-0.3, -0.25) is 25.2 Å². The van der Waals surface area contributed by atoms with Gasteiger partial charge in [-0.15, -0.1) is 0 Å². The van der Waals surface area contributed by atoms with Crippen LogP contribution in [0.25, 0.3) is 0 Å². The molecule has 0 radical (unpaired) electrons. The van der Waals surface area contributed by atoms with Crippen molar-refractivity contribution in [2.45, 2.75) is 20.3 Å². The summed E-state index contributed by atoms with van der Waals surface area (Å²) in [4.78, 5) is 33.4. The Kier molecular flexibility index (Phi) is 4.38. The maximum atomic E-state index is 11.4. The number of rotatable bonds is 3. The Bertz CT molecular complexity index is 446. The van der Waals surface area contributed by atoms with Crippen LogP contribution >= 0.6 is 0 Å². The molecule has 1 aromatic heterocycles. The van der Waals surface area contributed by atoms with Crippen LogP contribution in [0.1, 0.15) is 30.8 Å². The van der Waals surface area contributed by atoms with E-state index in [-0.39, 0.29) is 17.5 Å². The second-order valence-corrected chi connectivity index (χ2v) is 3.91. The quantitative estimate of drug-likeness (QED) is 0.622. The van der Waals surface area contributed by atoms with Gasteiger partial charge in [0.1, 0.15) is 0 Å². The van der Waals surface area contributed by atoms with Crippen LogP contribution in [0.4, 0.5) is 0 Å². The molecule has 0 aliphatic rings. The first-order valence-corrected chi connectivity index (χ1v) is 5.14. The number of carbonyl (C=O) groups excluding carboxylic acids is 2. The summed E-state index contributed by atoms with van der Waals surface area (Å²) in [5.41, 5.74) is 4.08. The number of hydrogen-bond donors (Lipinski definition) is 3. The predicted octanol–water partition coefficient (Wildman–Crippen LogP) is -0.423. The third kappa shape index (κ3) is 4.45. The first kappa shape index (κ1) is 12.9. The molecular formula is C10H14N4O3. The van der Waals surface area contributed by atoms with E-state index >= 15 is 0 Å². The van der Waals surface area contributed by atoms with Gasteiger partial charge in [0.25, 0.3) is 11.5 Å². The third-order valence-electron chi connectivity index (χ3n) is 1.82. The number of nitrogens with one attached hydrogen (secondary N) is 3. The van der Waals surface area contributed by atoms with Crippen LogP contribution < -0.4 is 16.4 Å². The number of nitrogens with zero attached hydrogens (tertiary/aromatic N) is 1. The minimum absolute atomic E-state index is 0.0226. The first-order chi connectivity index (χ1) is 7.99. The van der Waals surface area contributed by atoms with E-state index in [9.17, 15) is 14.4 Å². The molecule has 17 heavy (non-hydrogen) atoms. The van der Waals surface area contributed by atoms with Gasteiger partial charge >= 0.3 is 0 Å². The lowest BCUT2D eigenvalue weighted by atomic mass is 10.1. The lowest BCUT2D eigenvalue weighted by Gasteiger charge is -2.07. The molecule has 0 saturated heterocycles. The smallest absolute Gasteiger partial charge is 0.273 e. The monoisotopic (exact) mass is 238 g/mol. The van der Waals surface area contributed by atoms with Gasteiger partial charge in [-0.05, 0) is 12.0 Å². The summed E-state index contributed by atoms with van der Waals surface area (Å²) in [6, 6.07) is 2.45. The summed E-state index contributed by atoms with van der Waals surface area (Å²) in [5.74, 6) is -0.658. The zero-order valence-electron chi connectivity index (χ0n) is 9.61. The molecule has 0 aliphatic carbocycles. The molecule has 0 saturated carbocycles. The lowest BCUT2D eigenvalue weighted by molar-refractivity contribution is -0.122. The second-order valence-electron chi connectivity index (χ2n) is 3.91. The van der Waals surface area contributed by atoms with Gasteiger partial charge in [0.2, 0.25) is 5.91 Å². The summed E-state index contributed by atoms with van der Waals surface area (Å²) in [6.45, 7) is 3.79. The predicted molar refractivity (Wildman–Crippen MR) is 59.9 cm³/mol. The topological polar surface area (TPSA) is 104 Å². The summed E-state index contributed by atoms with van der Waals surface area (Å²) in [7, 11) is 0. The molecule has 0 aliphatic heterocycles. The molecule has 0 bridgehead atoms. The van der Waals surface area contributed by atoms with Crippen molar-refractivity contribution < 1.29 is 9.59 Å². The largest absolute Gasteiger partial charge is 0.290 e. The summed E-state index contributed by atoms with van der Waals surface area (Å²) >= 11 is 0. The minimum Gasteiger partial charge on any atom is -0.273 e. The number of carbonyl (C=O) groups is 2. The third-order valence-corrected chi connectivity index (χ3v) is 1.82. The van der Waals surface area contributed by atoms with Crippen molar-refractivity contribution in [2.75, 3.05) is 0 Å². The molecule has 0 atom stereocenters. The van der Waals surface area contributed by atoms with Crippen LogP contribution in [0.2, 0.25) is 0 Å². The molecule has 0 fully saturated rings. The number of hydrazine groups is 1. The highest BCUT2D eigenvalue weighted by atomic mass is 16.2. The van der Waals surface area contributed by atoms with E-state index in [2.05, 4.69) is 21.0 Å². The standard InChI is InChI=1S/C10H14N4O3/c1-6(2)5-9(16)13-14-10(17)7-3-4-8(15)12-11-7/h3-4,6H,5H2,1-2H3,(H,12,15)(H,13,16)(H,14,17). The number of H-pyrrole nitrogens is 1. The van der Waals surface area contributed by atoms with Crippen molar-refractivity contribution >= 4 is 11.8 Å². The Morgan fingerprint density at radius 1 is 1.35 bits per heavy atom. The number of amides is 2. The number of aromatic amines is 1. The van der Waals surface area contributed by atoms with E-state index < -0.39 is 11.5 Å². The Morgan fingerprint density at radius 2 is 2.06 bits per heavy atom. The fraction of sp³-hybridized carbons (Fsp3) is 0.400. The van der Waals surface area contributed by atoms with Gasteiger partial charge in [0.05, 0.1) is 0 Å². The molecule has 3 N–H and O–H groups in total. The summed E-state index contributed by atoms with van der Waals surface area (Å²) in [5, 5.41) is 5.64. The highest BCUT2D eigenvalue weighted by Gasteiger charge is 2.09. The Hall–Kier alpha value is -2.18. The molecule has 2 amide bonds. The van der Waals surface area contributed by atoms with Crippen molar-refractivity contribution in [3.05, 3.63) is 28.2 Å². The summed E-state index contributed by atoms with van der Waals surface area (Å²) in [6.07, 6.45) is 0.319. The molecule has 1 heterocycles. The molecule has 0 spiro atoms. The normalized spacial score (nSPS) is 10.1. The average molecular weight is 238 g/mol. The number of aromatic nitrogens is 2. The highest BCUT2D eigenvalue weighted by Crippen LogP contribution is 1.97. The second kappa shape index (κ2) is 5.78. The fourth-order valence-electron chi connectivity index (χ4n) is 1.08. The van der Waals surface area contributed by atoms with Crippen LogP contribution in [0, 0.1) is 5.92 Å².